The number of urea groups is 1. The zero-order chi connectivity index (χ0) is 22.9. The van der Waals surface area contributed by atoms with E-state index in [9.17, 15) is 19.2 Å². The van der Waals surface area contributed by atoms with Crippen molar-refractivity contribution in [2.45, 2.75) is 30.8 Å². The molecule has 0 spiro atoms. The van der Waals surface area contributed by atoms with Gasteiger partial charge in [-0.1, -0.05) is 30.8 Å². The minimum Gasteiger partial charge on any atom is -0.455 e. The van der Waals surface area contributed by atoms with Crippen LogP contribution < -0.4 is 10.7 Å². The summed E-state index contributed by atoms with van der Waals surface area (Å²) in [5.41, 5.74) is 2.82. The molecule has 4 rings (SSSR count). The molecule has 0 saturated carbocycles. The van der Waals surface area contributed by atoms with Gasteiger partial charge in [0.05, 0.1) is 5.75 Å². The van der Waals surface area contributed by atoms with E-state index in [1.165, 1.54) is 6.33 Å². The van der Waals surface area contributed by atoms with Gasteiger partial charge in [-0.3, -0.25) is 19.8 Å². The summed E-state index contributed by atoms with van der Waals surface area (Å²) >= 11 is 1.08. The molecule has 0 radical (unpaired) electrons. The second kappa shape index (κ2) is 8.46. The average molecular weight is 457 g/mol. The van der Waals surface area contributed by atoms with Crippen molar-refractivity contribution >= 4 is 57.6 Å². The average Bonchev–Trinajstić information content (AvgIpc) is 3.27. The highest BCUT2D eigenvalue weighted by Gasteiger charge is 2.47. The van der Waals surface area contributed by atoms with Gasteiger partial charge in [-0.25, -0.2) is 14.8 Å². The number of ether oxygens (including phenoxy) is 1. The third-order valence-corrected chi connectivity index (χ3v) is 5.97. The standard InChI is InChI=1S/C20H19N5O6S/c1-3-20(2)18(28)25(19(29)23-20)24-13(26)8-30-14(27)9-32-17-16-15(21-10-22-17)11-6-4-5-7-12(11)31-16/h4-7,10H,3,8-9H2,1-2H3,(H,23,29)(H,24,26). The van der Waals surface area contributed by atoms with Crippen LogP contribution in [0.2, 0.25) is 0 Å². The largest absolute Gasteiger partial charge is 0.455 e. The van der Waals surface area contributed by atoms with Crippen molar-refractivity contribution in [3.05, 3.63) is 30.6 Å². The second-order valence-electron chi connectivity index (χ2n) is 7.20. The first-order valence-corrected chi connectivity index (χ1v) is 10.7. The maximum atomic E-state index is 12.3. The number of aromatic nitrogens is 2. The first-order chi connectivity index (χ1) is 15.3. The van der Waals surface area contributed by atoms with Crippen LogP contribution in [0.15, 0.2) is 40.0 Å². The fraction of sp³-hybridized carbons (Fsp3) is 0.300. The molecule has 0 bridgehead atoms. The molecule has 11 nitrogen and oxygen atoms in total. The van der Waals surface area contributed by atoms with Crippen molar-refractivity contribution in [1.82, 2.24) is 25.7 Å². The van der Waals surface area contributed by atoms with Gasteiger partial charge in [0.1, 0.15) is 28.0 Å². The number of hydrazine groups is 1. The molecule has 12 heteroatoms. The van der Waals surface area contributed by atoms with E-state index in [1.54, 1.807) is 13.8 Å². The van der Waals surface area contributed by atoms with Crippen molar-refractivity contribution in [2.24, 2.45) is 0 Å². The Morgan fingerprint density at radius 1 is 1.28 bits per heavy atom. The Morgan fingerprint density at radius 2 is 2.06 bits per heavy atom. The lowest BCUT2D eigenvalue weighted by atomic mass is 10.00. The topological polar surface area (TPSA) is 144 Å². The number of para-hydroxylation sites is 1. The Kier molecular flexibility index (Phi) is 5.70. The van der Waals surface area contributed by atoms with Gasteiger partial charge in [0.15, 0.2) is 12.2 Å². The van der Waals surface area contributed by atoms with Gasteiger partial charge in [-0.05, 0) is 25.5 Å². The van der Waals surface area contributed by atoms with Crippen molar-refractivity contribution in [3.63, 3.8) is 0 Å². The number of hydrogen-bond donors (Lipinski definition) is 2. The molecule has 3 heterocycles. The molecule has 1 saturated heterocycles. The summed E-state index contributed by atoms with van der Waals surface area (Å²) in [4.78, 5) is 56.7. The Bertz CT molecular complexity index is 1240. The molecule has 2 N–H and O–H groups in total. The lowest BCUT2D eigenvalue weighted by Crippen LogP contribution is -2.49. The van der Waals surface area contributed by atoms with E-state index in [2.05, 4.69) is 20.7 Å². The summed E-state index contributed by atoms with van der Waals surface area (Å²) in [5, 5.41) is 4.40. The summed E-state index contributed by atoms with van der Waals surface area (Å²) in [5.74, 6) is -2.20. The number of benzene rings is 1. The molecule has 3 aromatic rings. The summed E-state index contributed by atoms with van der Waals surface area (Å²) in [6.07, 6.45) is 1.74. The summed E-state index contributed by atoms with van der Waals surface area (Å²) in [7, 11) is 0. The quantitative estimate of drug-likeness (QED) is 0.235. The molecule has 166 valence electrons. The lowest BCUT2D eigenvalue weighted by molar-refractivity contribution is -0.148. The van der Waals surface area contributed by atoms with Crippen LogP contribution >= 0.6 is 11.8 Å². The van der Waals surface area contributed by atoms with Crippen LogP contribution in [-0.4, -0.2) is 56.7 Å². The van der Waals surface area contributed by atoms with E-state index in [0.29, 0.717) is 33.1 Å². The normalized spacial score (nSPS) is 18.2. The van der Waals surface area contributed by atoms with Crippen LogP contribution in [0.25, 0.3) is 22.1 Å². The van der Waals surface area contributed by atoms with E-state index in [-0.39, 0.29) is 5.75 Å². The van der Waals surface area contributed by atoms with Gasteiger partial charge in [-0.2, -0.15) is 5.01 Å². The number of carbonyl (C=O) groups is 4. The molecule has 1 atom stereocenters. The third-order valence-electron chi connectivity index (χ3n) is 5.02. The molecular weight excluding hydrogens is 438 g/mol. The molecule has 1 aliphatic heterocycles. The Balaban J connectivity index is 1.32. The first-order valence-electron chi connectivity index (χ1n) is 9.69. The number of rotatable bonds is 7. The number of furan rings is 1. The smallest absolute Gasteiger partial charge is 0.344 e. The summed E-state index contributed by atoms with van der Waals surface area (Å²) < 4.78 is 10.7. The van der Waals surface area contributed by atoms with Gasteiger partial charge in [0.25, 0.3) is 11.8 Å². The van der Waals surface area contributed by atoms with Gasteiger partial charge in [0.2, 0.25) is 0 Å². The van der Waals surface area contributed by atoms with Crippen LogP contribution in [0.5, 0.6) is 0 Å². The van der Waals surface area contributed by atoms with E-state index >= 15 is 0 Å². The van der Waals surface area contributed by atoms with Crippen LogP contribution in [0, 0.1) is 0 Å². The second-order valence-corrected chi connectivity index (χ2v) is 8.16. The van der Waals surface area contributed by atoms with Gasteiger partial charge in [0, 0.05) is 5.39 Å². The zero-order valence-corrected chi connectivity index (χ0v) is 18.0. The maximum absolute atomic E-state index is 12.3. The van der Waals surface area contributed by atoms with Crippen molar-refractivity contribution in [1.29, 1.82) is 0 Å². The molecule has 1 fully saturated rings. The molecule has 0 aliphatic carbocycles. The van der Waals surface area contributed by atoms with Crippen LogP contribution in [0.1, 0.15) is 20.3 Å². The number of nitrogens with one attached hydrogen (secondary N) is 2. The summed E-state index contributed by atoms with van der Waals surface area (Å²) in [6.45, 7) is 2.64. The molecule has 1 aromatic carbocycles. The van der Waals surface area contributed by atoms with Crippen LogP contribution in [0.4, 0.5) is 4.79 Å². The van der Waals surface area contributed by atoms with E-state index in [4.69, 9.17) is 9.15 Å². The van der Waals surface area contributed by atoms with Crippen LogP contribution in [-0.2, 0) is 19.1 Å². The van der Waals surface area contributed by atoms with Crippen molar-refractivity contribution in [3.8, 4) is 0 Å². The van der Waals surface area contributed by atoms with Gasteiger partial charge in [-0.15, -0.1) is 0 Å². The molecule has 32 heavy (non-hydrogen) atoms. The molecule has 1 unspecified atom stereocenters. The molecule has 4 amide bonds. The van der Waals surface area contributed by atoms with Gasteiger partial charge >= 0.3 is 12.0 Å². The van der Waals surface area contributed by atoms with Gasteiger partial charge < -0.3 is 14.5 Å². The number of hydrogen-bond acceptors (Lipinski definition) is 9. The third kappa shape index (κ3) is 3.96. The number of nitrogens with zero attached hydrogens (tertiary/aromatic N) is 3. The number of imide groups is 1. The molecule has 1 aliphatic rings. The summed E-state index contributed by atoms with van der Waals surface area (Å²) in [6, 6.07) is 6.66. The minimum atomic E-state index is -1.09. The zero-order valence-electron chi connectivity index (χ0n) is 17.2. The van der Waals surface area contributed by atoms with Crippen molar-refractivity contribution < 1.29 is 28.3 Å². The maximum Gasteiger partial charge on any atom is 0.344 e. The number of carbonyl (C=O) groups excluding carboxylic acids is 4. The number of thioether (sulfide) groups is 1. The Morgan fingerprint density at radius 3 is 2.81 bits per heavy atom. The van der Waals surface area contributed by atoms with E-state index in [1.807, 2.05) is 24.3 Å². The first kappa shape index (κ1) is 21.6. The predicted octanol–water partition coefficient (Wildman–Crippen LogP) is 1.76. The Hall–Kier alpha value is -3.67. The fourth-order valence-corrected chi connectivity index (χ4v) is 3.83. The number of amides is 4. The lowest BCUT2D eigenvalue weighted by Gasteiger charge is -2.19. The molecule has 2 aromatic heterocycles. The highest BCUT2D eigenvalue weighted by molar-refractivity contribution is 8.00. The van der Waals surface area contributed by atoms with E-state index < -0.39 is 36.0 Å². The number of esters is 1. The predicted molar refractivity (Wildman–Crippen MR) is 113 cm³/mol. The SMILES string of the molecule is CCC1(C)NC(=O)N(NC(=O)COC(=O)CSc2ncnc3c2oc2ccccc23)C1=O. The highest BCUT2D eigenvalue weighted by Crippen LogP contribution is 2.32. The fourth-order valence-electron chi connectivity index (χ4n) is 3.10. The van der Waals surface area contributed by atoms with Crippen molar-refractivity contribution in [2.75, 3.05) is 12.4 Å². The van der Waals surface area contributed by atoms with E-state index in [0.717, 1.165) is 17.1 Å². The monoisotopic (exact) mass is 457 g/mol. The van der Waals surface area contributed by atoms with Crippen LogP contribution in [0.3, 0.4) is 0 Å². The molecular formula is C20H19N5O6S. The highest BCUT2D eigenvalue weighted by atomic mass is 32.2. The minimum absolute atomic E-state index is 0.131. The number of fused-ring (bicyclic) bond motifs is 3. The Labute approximate surface area is 185 Å².